The van der Waals surface area contributed by atoms with E-state index in [1.54, 1.807) is 10.6 Å². The predicted octanol–water partition coefficient (Wildman–Crippen LogP) is 1.83. The lowest BCUT2D eigenvalue weighted by atomic mass is 10.2. The summed E-state index contributed by atoms with van der Waals surface area (Å²) < 4.78 is 1.63. The molecule has 1 fully saturated rings. The van der Waals surface area contributed by atoms with Crippen molar-refractivity contribution in [2.75, 3.05) is 0 Å². The largest absolute Gasteiger partial charge is 0.477 e. The van der Waals surface area contributed by atoms with Crippen LogP contribution in [0.5, 0.6) is 0 Å². The Bertz CT molecular complexity index is 472. The van der Waals surface area contributed by atoms with E-state index < -0.39 is 5.97 Å². The normalized spacial score (nSPS) is 15.1. The van der Waals surface area contributed by atoms with Crippen molar-refractivity contribution in [1.29, 1.82) is 0 Å². The number of nitrogens with zero attached hydrogens (tertiary/aromatic N) is 1. The summed E-state index contributed by atoms with van der Waals surface area (Å²) in [5.74, 6) is -0.681. The minimum Gasteiger partial charge on any atom is -0.477 e. The highest BCUT2D eigenvalue weighted by molar-refractivity contribution is 5.87. The van der Waals surface area contributed by atoms with Crippen molar-refractivity contribution < 1.29 is 9.90 Å². The molecule has 0 saturated heterocycles. The standard InChI is InChI=1S/C12H15NO3/c1-2-7-13-10(8-3-4-8)6-5-9(11(13)14)12(15)16/h5-6,8H,2-4,7H2,1H3,(H,15,16). The van der Waals surface area contributed by atoms with Crippen LogP contribution < -0.4 is 5.56 Å². The molecule has 0 aliphatic heterocycles. The Kier molecular flexibility index (Phi) is 2.81. The zero-order valence-corrected chi connectivity index (χ0v) is 9.27. The van der Waals surface area contributed by atoms with Gasteiger partial charge >= 0.3 is 5.97 Å². The molecule has 1 aliphatic carbocycles. The van der Waals surface area contributed by atoms with E-state index in [2.05, 4.69) is 0 Å². The lowest BCUT2D eigenvalue weighted by molar-refractivity contribution is 0.0694. The minimum absolute atomic E-state index is 0.127. The first-order valence-electron chi connectivity index (χ1n) is 5.62. The fraction of sp³-hybridized carbons (Fsp3) is 0.500. The average Bonchev–Trinajstić information content (AvgIpc) is 3.04. The first-order valence-corrected chi connectivity index (χ1v) is 5.62. The molecule has 0 spiro atoms. The monoisotopic (exact) mass is 221 g/mol. The molecule has 0 unspecified atom stereocenters. The Morgan fingerprint density at radius 1 is 1.50 bits per heavy atom. The Labute approximate surface area is 93.5 Å². The number of aromatic carboxylic acids is 1. The van der Waals surface area contributed by atoms with Crippen molar-refractivity contribution in [3.8, 4) is 0 Å². The van der Waals surface area contributed by atoms with Gasteiger partial charge in [0.1, 0.15) is 5.56 Å². The quantitative estimate of drug-likeness (QED) is 0.843. The van der Waals surface area contributed by atoms with Crippen molar-refractivity contribution >= 4 is 5.97 Å². The topological polar surface area (TPSA) is 59.3 Å². The maximum absolute atomic E-state index is 11.9. The van der Waals surface area contributed by atoms with Crippen molar-refractivity contribution in [3.05, 3.63) is 33.7 Å². The summed E-state index contributed by atoms with van der Waals surface area (Å²) in [6, 6.07) is 3.22. The maximum atomic E-state index is 11.9. The average molecular weight is 221 g/mol. The van der Waals surface area contributed by atoms with Crippen molar-refractivity contribution in [2.45, 2.75) is 38.6 Å². The molecule has 16 heavy (non-hydrogen) atoms. The van der Waals surface area contributed by atoms with Gasteiger partial charge in [-0.3, -0.25) is 4.79 Å². The van der Waals surface area contributed by atoms with Crippen LogP contribution in [0.1, 0.15) is 48.2 Å². The van der Waals surface area contributed by atoms with Crippen LogP contribution in [-0.4, -0.2) is 15.6 Å². The van der Waals surface area contributed by atoms with Crippen molar-refractivity contribution in [3.63, 3.8) is 0 Å². The number of hydrogen-bond acceptors (Lipinski definition) is 2. The number of aromatic nitrogens is 1. The van der Waals surface area contributed by atoms with Gasteiger partial charge in [0.25, 0.3) is 5.56 Å². The maximum Gasteiger partial charge on any atom is 0.341 e. The summed E-state index contributed by atoms with van der Waals surface area (Å²) in [6.45, 7) is 2.59. The van der Waals surface area contributed by atoms with Gasteiger partial charge < -0.3 is 9.67 Å². The van der Waals surface area contributed by atoms with Crippen LogP contribution in [-0.2, 0) is 6.54 Å². The molecule has 1 heterocycles. The van der Waals surface area contributed by atoms with Gasteiger partial charge in [-0.1, -0.05) is 6.92 Å². The molecular formula is C12H15NO3. The highest BCUT2D eigenvalue weighted by Gasteiger charge is 2.27. The number of pyridine rings is 1. The van der Waals surface area contributed by atoms with Crippen LogP contribution in [0.3, 0.4) is 0 Å². The third kappa shape index (κ3) is 1.87. The summed E-state index contributed by atoms with van der Waals surface area (Å²) in [5.41, 5.74) is 0.508. The number of rotatable bonds is 4. The first kappa shape index (κ1) is 10.9. The molecule has 0 radical (unpaired) electrons. The van der Waals surface area contributed by atoms with Crippen LogP contribution in [0, 0.1) is 0 Å². The molecule has 1 aliphatic rings. The molecule has 86 valence electrons. The van der Waals surface area contributed by atoms with Crippen LogP contribution in [0.15, 0.2) is 16.9 Å². The van der Waals surface area contributed by atoms with E-state index in [0.717, 1.165) is 25.0 Å². The van der Waals surface area contributed by atoms with E-state index in [9.17, 15) is 9.59 Å². The molecule has 4 heteroatoms. The van der Waals surface area contributed by atoms with E-state index in [4.69, 9.17) is 5.11 Å². The Balaban J connectivity index is 2.53. The summed E-state index contributed by atoms with van der Waals surface area (Å²) in [5, 5.41) is 8.89. The second kappa shape index (κ2) is 4.12. The van der Waals surface area contributed by atoms with Crippen LogP contribution in [0.2, 0.25) is 0 Å². The van der Waals surface area contributed by atoms with Gasteiger partial charge in [-0.25, -0.2) is 4.79 Å². The number of carboxylic acid groups (broad SMARTS) is 1. The van der Waals surface area contributed by atoms with E-state index >= 15 is 0 Å². The van der Waals surface area contributed by atoms with E-state index in [1.807, 2.05) is 6.92 Å². The minimum atomic E-state index is -1.14. The highest BCUT2D eigenvalue weighted by Crippen LogP contribution is 2.39. The fourth-order valence-electron chi connectivity index (χ4n) is 1.95. The summed E-state index contributed by atoms with van der Waals surface area (Å²) in [4.78, 5) is 22.8. The van der Waals surface area contributed by atoms with Gasteiger partial charge in [-0.2, -0.15) is 0 Å². The van der Waals surface area contributed by atoms with Gasteiger partial charge in [0, 0.05) is 12.2 Å². The Hall–Kier alpha value is -1.58. The summed E-state index contributed by atoms with van der Waals surface area (Å²) >= 11 is 0. The molecule has 1 N–H and O–H groups in total. The number of carboxylic acids is 1. The lowest BCUT2D eigenvalue weighted by Crippen LogP contribution is -2.28. The Morgan fingerprint density at radius 2 is 2.19 bits per heavy atom. The molecule has 0 aromatic carbocycles. The molecule has 1 saturated carbocycles. The molecule has 0 bridgehead atoms. The fourth-order valence-corrected chi connectivity index (χ4v) is 1.95. The van der Waals surface area contributed by atoms with Crippen molar-refractivity contribution in [1.82, 2.24) is 4.57 Å². The van der Waals surface area contributed by atoms with Gasteiger partial charge in [-0.15, -0.1) is 0 Å². The summed E-state index contributed by atoms with van der Waals surface area (Å²) in [6.07, 6.45) is 3.05. The predicted molar refractivity (Wildman–Crippen MR) is 59.9 cm³/mol. The third-order valence-electron chi connectivity index (χ3n) is 2.88. The van der Waals surface area contributed by atoms with E-state index in [1.165, 1.54) is 6.07 Å². The smallest absolute Gasteiger partial charge is 0.341 e. The second-order valence-electron chi connectivity index (χ2n) is 4.21. The zero-order chi connectivity index (χ0) is 11.7. The third-order valence-corrected chi connectivity index (χ3v) is 2.88. The van der Waals surface area contributed by atoms with E-state index in [-0.39, 0.29) is 11.1 Å². The molecule has 1 aromatic rings. The van der Waals surface area contributed by atoms with Gasteiger partial charge in [0.15, 0.2) is 0 Å². The van der Waals surface area contributed by atoms with Gasteiger partial charge in [0.2, 0.25) is 0 Å². The molecule has 0 amide bonds. The lowest BCUT2D eigenvalue weighted by Gasteiger charge is -2.11. The molecule has 2 rings (SSSR count). The van der Waals surface area contributed by atoms with Gasteiger partial charge in [0.05, 0.1) is 0 Å². The second-order valence-corrected chi connectivity index (χ2v) is 4.21. The Morgan fingerprint density at radius 3 is 2.69 bits per heavy atom. The zero-order valence-electron chi connectivity index (χ0n) is 9.27. The molecule has 4 nitrogen and oxygen atoms in total. The SMILES string of the molecule is CCCn1c(C2CC2)ccc(C(=O)O)c1=O. The molecular weight excluding hydrogens is 206 g/mol. The number of hydrogen-bond donors (Lipinski definition) is 1. The first-order chi connectivity index (χ1) is 7.65. The molecule has 0 atom stereocenters. The van der Waals surface area contributed by atoms with Crippen LogP contribution in [0.4, 0.5) is 0 Å². The number of carbonyl (C=O) groups is 1. The molecule has 1 aromatic heterocycles. The van der Waals surface area contributed by atoms with Gasteiger partial charge in [-0.05, 0) is 37.3 Å². The van der Waals surface area contributed by atoms with E-state index in [0.29, 0.717) is 12.5 Å². The highest BCUT2D eigenvalue weighted by atomic mass is 16.4. The summed E-state index contributed by atoms with van der Waals surface area (Å²) in [7, 11) is 0. The van der Waals surface area contributed by atoms with Crippen LogP contribution >= 0.6 is 0 Å². The van der Waals surface area contributed by atoms with Crippen LogP contribution in [0.25, 0.3) is 0 Å². The van der Waals surface area contributed by atoms with Crippen molar-refractivity contribution in [2.24, 2.45) is 0 Å².